The highest BCUT2D eigenvalue weighted by Gasteiger charge is 2.19. The third kappa shape index (κ3) is 46.3. The summed E-state index contributed by atoms with van der Waals surface area (Å²) in [6.07, 6.45) is 56.7. The van der Waals surface area contributed by atoms with E-state index in [1.54, 1.807) is 0 Å². The second kappa shape index (κ2) is 48.0. The van der Waals surface area contributed by atoms with Crippen LogP contribution in [-0.2, 0) is 28.6 Å². The summed E-state index contributed by atoms with van der Waals surface area (Å²) in [6.45, 7) is 6.54. The zero-order valence-electron chi connectivity index (χ0n) is 39.0. The third-order valence-electron chi connectivity index (χ3n) is 10.9. The quantitative estimate of drug-likeness (QED) is 0.0263. The van der Waals surface area contributed by atoms with Crippen LogP contribution in [0.5, 0.6) is 0 Å². The second-order valence-electron chi connectivity index (χ2n) is 16.8. The van der Waals surface area contributed by atoms with Crippen LogP contribution in [0.3, 0.4) is 0 Å². The first-order valence-electron chi connectivity index (χ1n) is 25.2. The van der Waals surface area contributed by atoms with Crippen LogP contribution in [0.2, 0.25) is 0 Å². The lowest BCUT2D eigenvalue weighted by molar-refractivity contribution is -0.167. The summed E-state index contributed by atoms with van der Waals surface area (Å²) in [5.41, 5.74) is 0. The fourth-order valence-corrected chi connectivity index (χ4v) is 7.00. The maximum Gasteiger partial charge on any atom is 0.306 e. The Kier molecular flexibility index (Phi) is 45.9. The molecule has 0 aromatic carbocycles. The number of unbranched alkanes of at least 4 members (excludes halogenated alkanes) is 28. The van der Waals surface area contributed by atoms with Gasteiger partial charge in [0.1, 0.15) is 13.2 Å². The molecular formula is C53H94O6. The Morgan fingerprint density at radius 2 is 0.610 bits per heavy atom. The Hall–Kier alpha value is -2.63. The SMILES string of the molecule is CCCC/C=C\C=C/CCCCCC(=O)OCC(COC(=O)CCCCCCC/C=C\C=C/CCCCCCCCC)OC(=O)CCCCCCCCCCCCCC. The summed E-state index contributed by atoms with van der Waals surface area (Å²) in [5, 5.41) is 0. The lowest BCUT2D eigenvalue weighted by Crippen LogP contribution is -2.30. The Morgan fingerprint density at radius 3 is 0.966 bits per heavy atom. The average molecular weight is 827 g/mol. The van der Waals surface area contributed by atoms with E-state index < -0.39 is 6.10 Å². The summed E-state index contributed by atoms with van der Waals surface area (Å²) >= 11 is 0. The Balaban J connectivity index is 4.38. The minimum Gasteiger partial charge on any atom is -0.462 e. The largest absolute Gasteiger partial charge is 0.462 e. The maximum absolute atomic E-state index is 12.7. The number of carbonyl (C=O) groups is 3. The molecule has 0 aromatic heterocycles. The molecule has 0 saturated carbocycles. The lowest BCUT2D eigenvalue weighted by atomic mass is 10.0. The topological polar surface area (TPSA) is 78.9 Å². The van der Waals surface area contributed by atoms with Crippen LogP contribution < -0.4 is 0 Å². The highest BCUT2D eigenvalue weighted by Crippen LogP contribution is 2.15. The van der Waals surface area contributed by atoms with Crippen molar-refractivity contribution < 1.29 is 28.6 Å². The van der Waals surface area contributed by atoms with E-state index in [0.29, 0.717) is 19.3 Å². The van der Waals surface area contributed by atoms with Crippen molar-refractivity contribution >= 4 is 17.9 Å². The summed E-state index contributed by atoms with van der Waals surface area (Å²) in [4.78, 5) is 37.8. The first-order chi connectivity index (χ1) is 29.0. The zero-order valence-corrected chi connectivity index (χ0v) is 39.0. The van der Waals surface area contributed by atoms with Gasteiger partial charge >= 0.3 is 17.9 Å². The van der Waals surface area contributed by atoms with E-state index in [1.807, 2.05) is 0 Å². The highest BCUT2D eigenvalue weighted by molar-refractivity contribution is 5.71. The molecule has 0 heterocycles. The van der Waals surface area contributed by atoms with Crippen LogP contribution in [-0.4, -0.2) is 37.2 Å². The van der Waals surface area contributed by atoms with Crippen LogP contribution in [0.25, 0.3) is 0 Å². The van der Waals surface area contributed by atoms with Gasteiger partial charge in [-0.25, -0.2) is 0 Å². The van der Waals surface area contributed by atoms with Crippen molar-refractivity contribution in [2.75, 3.05) is 13.2 Å². The fraction of sp³-hybridized carbons (Fsp3) is 0.792. The van der Waals surface area contributed by atoms with Crippen molar-refractivity contribution in [3.8, 4) is 0 Å². The van der Waals surface area contributed by atoms with Gasteiger partial charge in [-0.2, -0.15) is 0 Å². The molecule has 0 rings (SSSR count). The molecule has 0 bridgehead atoms. The van der Waals surface area contributed by atoms with Crippen LogP contribution in [0.1, 0.15) is 252 Å². The molecule has 1 unspecified atom stereocenters. The maximum atomic E-state index is 12.7. The van der Waals surface area contributed by atoms with Gasteiger partial charge in [0.2, 0.25) is 0 Å². The molecule has 0 aliphatic carbocycles. The fourth-order valence-electron chi connectivity index (χ4n) is 7.00. The molecule has 342 valence electrons. The highest BCUT2D eigenvalue weighted by atomic mass is 16.6. The molecule has 0 aliphatic rings. The monoisotopic (exact) mass is 827 g/mol. The molecule has 0 aliphatic heterocycles. The van der Waals surface area contributed by atoms with E-state index in [2.05, 4.69) is 69.4 Å². The molecule has 0 fully saturated rings. The number of hydrogen-bond acceptors (Lipinski definition) is 6. The van der Waals surface area contributed by atoms with Gasteiger partial charge in [0.15, 0.2) is 6.10 Å². The van der Waals surface area contributed by atoms with Crippen LogP contribution in [0, 0.1) is 0 Å². The summed E-state index contributed by atoms with van der Waals surface area (Å²) in [6, 6.07) is 0. The second-order valence-corrected chi connectivity index (χ2v) is 16.8. The average Bonchev–Trinajstić information content (AvgIpc) is 3.23. The number of ether oxygens (including phenoxy) is 3. The van der Waals surface area contributed by atoms with Gasteiger partial charge in [-0.15, -0.1) is 0 Å². The van der Waals surface area contributed by atoms with Crippen LogP contribution in [0.15, 0.2) is 48.6 Å². The number of rotatable bonds is 45. The van der Waals surface area contributed by atoms with E-state index in [0.717, 1.165) is 89.9 Å². The first kappa shape index (κ1) is 56.4. The lowest BCUT2D eigenvalue weighted by Gasteiger charge is -2.18. The number of carbonyl (C=O) groups excluding carboxylic acids is 3. The number of hydrogen-bond donors (Lipinski definition) is 0. The van der Waals surface area contributed by atoms with Crippen molar-refractivity contribution in [2.24, 2.45) is 0 Å². The van der Waals surface area contributed by atoms with Crippen molar-refractivity contribution in [3.63, 3.8) is 0 Å². The molecule has 6 heteroatoms. The molecule has 6 nitrogen and oxygen atoms in total. The molecular weight excluding hydrogens is 733 g/mol. The van der Waals surface area contributed by atoms with E-state index in [-0.39, 0.29) is 31.1 Å². The normalized spacial score (nSPS) is 12.4. The Bertz CT molecular complexity index is 1040. The van der Waals surface area contributed by atoms with Gasteiger partial charge in [0, 0.05) is 19.3 Å². The molecule has 0 saturated heterocycles. The first-order valence-corrected chi connectivity index (χ1v) is 25.2. The van der Waals surface area contributed by atoms with Crippen molar-refractivity contribution in [3.05, 3.63) is 48.6 Å². The predicted octanol–water partition coefficient (Wildman–Crippen LogP) is 16.3. The van der Waals surface area contributed by atoms with Gasteiger partial charge in [0.25, 0.3) is 0 Å². The molecule has 1 atom stereocenters. The van der Waals surface area contributed by atoms with Gasteiger partial charge in [-0.05, 0) is 64.2 Å². The number of esters is 3. The smallest absolute Gasteiger partial charge is 0.306 e. The van der Waals surface area contributed by atoms with E-state index in [9.17, 15) is 14.4 Å². The summed E-state index contributed by atoms with van der Waals surface area (Å²) in [7, 11) is 0. The standard InChI is InChI=1S/C53H94O6/c1-4-7-10-13-16-19-22-24-25-26-27-28-29-32-34-37-40-43-46-52(55)58-49-50(48-57-51(54)45-42-39-36-33-30-21-18-15-12-9-6-3)59-53(56)47-44-41-38-35-31-23-20-17-14-11-8-5-2/h15,18,21,25-28,30,50H,4-14,16-17,19-20,22-24,29,31-49H2,1-3H3/b18-15-,26-25-,28-27-,30-21-. The van der Waals surface area contributed by atoms with Crippen molar-refractivity contribution in [2.45, 2.75) is 258 Å². The molecule has 0 spiro atoms. The summed E-state index contributed by atoms with van der Waals surface area (Å²) in [5.74, 6) is -0.926. The van der Waals surface area contributed by atoms with Gasteiger partial charge in [-0.1, -0.05) is 217 Å². The number of allylic oxidation sites excluding steroid dienone is 8. The van der Waals surface area contributed by atoms with Gasteiger partial charge in [0.05, 0.1) is 0 Å². The van der Waals surface area contributed by atoms with E-state index in [1.165, 1.54) is 122 Å². The van der Waals surface area contributed by atoms with Crippen LogP contribution in [0.4, 0.5) is 0 Å². The van der Waals surface area contributed by atoms with Gasteiger partial charge < -0.3 is 14.2 Å². The van der Waals surface area contributed by atoms with E-state index >= 15 is 0 Å². The minimum atomic E-state index is -0.786. The van der Waals surface area contributed by atoms with Gasteiger partial charge in [-0.3, -0.25) is 14.4 Å². The molecule has 0 N–H and O–H groups in total. The van der Waals surface area contributed by atoms with Crippen LogP contribution >= 0.6 is 0 Å². The van der Waals surface area contributed by atoms with Crippen molar-refractivity contribution in [1.82, 2.24) is 0 Å². The van der Waals surface area contributed by atoms with E-state index in [4.69, 9.17) is 14.2 Å². The molecule has 0 amide bonds. The third-order valence-corrected chi connectivity index (χ3v) is 10.9. The molecule has 0 aromatic rings. The predicted molar refractivity (Wildman–Crippen MR) is 252 cm³/mol. The minimum absolute atomic E-state index is 0.0879. The zero-order chi connectivity index (χ0) is 43.0. The van der Waals surface area contributed by atoms with Crippen molar-refractivity contribution in [1.29, 1.82) is 0 Å². The summed E-state index contributed by atoms with van der Waals surface area (Å²) < 4.78 is 16.7. The Labute approximate surface area is 365 Å². The molecule has 59 heavy (non-hydrogen) atoms. The Morgan fingerprint density at radius 1 is 0.339 bits per heavy atom. The molecule has 0 radical (unpaired) electrons.